The van der Waals surface area contributed by atoms with E-state index in [1.54, 1.807) is 12.1 Å². The fourth-order valence-corrected chi connectivity index (χ4v) is 4.68. The van der Waals surface area contributed by atoms with Crippen molar-refractivity contribution in [3.05, 3.63) is 22.7 Å². The molecule has 1 aromatic carbocycles. The largest absolute Gasteiger partial charge is 0.399 e. The Kier molecular flexibility index (Phi) is 5.06. The summed E-state index contributed by atoms with van der Waals surface area (Å²) >= 11 is 3.27. The average molecular weight is 362 g/mol. The van der Waals surface area contributed by atoms with E-state index in [4.69, 9.17) is 5.73 Å². The van der Waals surface area contributed by atoms with E-state index in [1.165, 1.54) is 6.07 Å². The summed E-state index contributed by atoms with van der Waals surface area (Å²) in [5, 5.41) is 0. The first-order valence-electron chi connectivity index (χ1n) is 6.72. The summed E-state index contributed by atoms with van der Waals surface area (Å²) in [7, 11) is -3.53. The van der Waals surface area contributed by atoms with Crippen molar-refractivity contribution in [3.63, 3.8) is 0 Å². The molecule has 5 nitrogen and oxygen atoms in total. The number of hydrogen-bond acceptors (Lipinski definition) is 4. The van der Waals surface area contributed by atoms with Gasteiger partial charge < -0.3 is 10.6 Å². The second kappa shape index (κ2) is 6.43. The maximum atomic E-state index is 12.4. The third-order valence-corrected chi connectivity index (χ3v) is 6.12. The Bertz CT molecular complexity index is 569. The van der Waals surface area contributed by atoms with E-state index in [0.717, 1.165) is 32.5 Å². The number of nitrogens with two attached hydrogens (primary N) is 1. The molecule has 1 aromatic rings. The van der Waals surface area contributed by atoms with Crippen molar-refractivity contribution >= 4 is 31.6 Å². The summed E-state index contributed by atoms with van der Waals surface area (Å²) in [6.07, 6.45) is 1.68. The van der Waals surface area contributed by atoms with Crippen LogP contribution in [0.25, 0.3) is 0 Å². The lowest BCUT2D eigenvalue weighted by molar-refractivity contribution is 0.217. The Labute approximate surface area is 128 Å². The zero-order valence-electron chi connectivity index (χ0n) is 11.5. The van der Waals surface area contributed by atoms with Crippen LogP contribution in [0.2, 0.25) is 0 Å². The minimum atomic E-state index is -3.53. The molecule has 1 aliphatic heterocycles. The van der Waals surface area contributed by atoms with Gasteiger partial charge in [-0.05, 0) is 66.6 Å². The third kappa shape index (κ3) is 3.72. The smallest absolute Gasteiger partial charge is 0.242 e. The van der Waals surface area contributed by atoms with Crippen molar-refractivity contribution in [2.24, 2.45) is 0 Å². The van der Waals surface area contributed by atoms with E-state index in [-0.39, 0.29) is 10.9 Å². The van der Waals surface area contributed by atoms with Gasteiger partial charge in [0.1, 0.15) is 0 Å². The SMILES string of the molecule is CCN1CCC(NS(=O)(=O)c2cc(N)ccc2Br)CC1. The topological polar surface area (TPSA) is 75.4 Å². The van der Waals surface area contributed by atoms with Gasteiger partial charge in [0.2, 0.25) is 10.0 Å². The molecular weight excluding hydrogens is 342 g/mol. The molecule has 1 fully saturated rings. The van der Waals surface area contributed by atoms with Gasteiger partial charge in [0.25, 0.3) is 0 Å². The normalized spacial score (nSPS) is 18.3. The third-order valence-electron chi connectivity index (χ3n) is 3.60. The second-order valence-electron chi connectivity index (χ2n) is 5.02. The summed E-state index contributed by atoms with van der Waals surface area (Å²) in [5.41, 5.74) is 6.11. The average Bonchev–Trinajstić information content (AvgIpc) is 2.42. The Morgan fingerprint density at radius 3 is 2.65 bits per heavy atom. The molecule has 1 saturated heterocycles. The monoisotopic (exact) mass is 361 g/mol. The fraction of sp³-hybridized carbons (Fsp3) is 0.538. The molecule has 0 atom stereocenters. The quantitative estimate of drug-likeness (QED) is 0.801. The minimum absolute atomic E-state index is 0.00358. The van der Waals surface area contributed by atoms with Crippen LogP contribution in [0, 0.1) is 0 Å². The Morgan fingerprint density at radius 2 is 2.05 bits per heavy atom. The summed E-state index contributed by atoms with van der Waals surface area (Å²) in [6, 6.07) is 4.80. The molecule has 0 bridgehead atoms. The first kappa shape index (κ1) is 15.8. The van der Waals surface area contributed by atoms with Gasteiger partial charge in [-0.15, -0.1) is 0 Å². The second-order valence-corrected chi connectivity index (χ2v) is 7.56. The van der Waals surface area contributed by atoms with Crippen LogP contribution < -0.4 is 10.5 Å². The molecular formula is C13H20BrN3O2S. The highest BCUT2D eigenvalue weighted by Crippen LogP contribution is 2.25. The van der Waals surface area contributed by atoms with Gasteiger partial charge in [0, 0.05) is 16.2 Å². The predicted octanol–water partition coefficient (Wildman–Crippen LogP) is 1.79. The number of hydrogen-bond donors (Lipinski definition) is 2. The van der Waals surface area contributed by atoms with E-state index >= 15 is 0 Å². The van der Waals surface area contributed by atoms with Gasteiger partial charge in [0.15, 0.2) is 0 Å². The number of nitrogens with zero attached hydrogens (tertiary/aromatic N) is 1. The van der Waals surface area contributed by atoms with Crippen LogP contribution in [0.5, 0.6) is 0 Å². The van der Waals surface area contributed by atoms with E-state index < -0.39 is 10.0 Å². The lowest BCUT2D eigenvalue weighted by atomic mass is 10.1. The van der Waals surface area contributed by atoms with Crippen molar-refractivity contribution < 1.29 is 8.42 Å². The van der Waals surface area contributed by atoms with E-state index in [9.17, 15) is 8.42 Å². The van der Waals surface area contributed by atoms with Gasteiger partial charge >= 0.3 is 0 Å². The maximum Gasteiger partial charge on any atom is 0.242 e. The molecule has 0 spiro atoms. The highest BCUT2D eigenvalue weighted by Gasteiger charge is 2.25. The maximum absolute atomic E-state index is 12.4. The molecule has 2 rings (SSSR count). The van der Waals surface area contributed by atoms with Crippen molar-refractivity contribution in [3.8, 4) is 0 Å². The number of nitrogen functional groups attached to an aromatic ring is 1. The fourth-order valence-electron chi connectivity index (χ4n) is 2.38. The van der Waals surface area contributed by atoms with Gasteiger partial charge in [-0.2, -0.15) is 0 Å². The van der Waals surface area contributed by atoms with E-state index in [0.29, 0.717) is 10.2 Å². The van der Waals surface area contributed by atoms with Crippen LogP contribution in [0.1, 0.15) is 19.8 Å². The van der Waals surface area contributed by atoms with Gasteiger partial charge in [-0.1, -0.05) is 6.92 Å². The molecule has 1 aliphatic rings. The molecule has 0 amide bonds. The summed E-state index contributed by atoms with van der Waals surface area (Å²) in [5.74, 6) is 0. The molecule has 0 saturated carbocycles. The number of likely N-dealkylation sites (tertiary alicyclic amines) is 1. The van der Waals surface area contributed by atoms with Gasteiger partial charge in [0.05, 0.1) is 4.90 Å². The molecule has 0 unspecified atom stereocenters. The standard InChI is InChI=1S/C13H20BrN3O2S/c1-2-17-7-5-11(6-8-17)16-20(18,19)13-9-10(15)3-4-12(13)14/h3-4,9,11,16H,2,5-8,15H2,1H3. The number of anilines is 1. The van der Waals surface area contributed by atoms with Crippen molar-refractivity contribution in [2.45, 2.75) is 30.7 Å². The molecule has 112 valence electrons. The number of nitrogens with one attached hydrogen (secondary N) is 1. The number of sulfonamides is 1. The van der Waals surface area contributed by atoms with Crippen molar-refractivity contribution in [1.29, 1.82) is 0 Å². The molecule has 1 heterocycles. The molecule has 7 heteroatoms. The Hall–Kier alpha value is -0.630. The van der Waals surface area contributed by atoms with Crippen molar-refractivity contribution in [2.75, 3.05) is 25.4 Å². The first-order chi connectivity index (χ1) is 9.42. The van der Waals surface area contributed by atoms with Crippen LogP contribution >= 0.6 is 15.9 Å². The number of halogens is 1. The van der Waals surface area contributed by atoms with Crippen LogP contribution in [-0.2, 0) is 10.0 Å². The molecule has 0 aromatic heterocycles. The lowest BCUT2D eigenvalue weighted by Crippen LogP contribution is -2.44. The lowest BCUT2D eigenvalue weighted by Gasteiger charge is -2.31. The number of benzene rings is 1. The zero-order chi connectivity index (χ0) is 14.8. The van der Waals surface area contributed by atoms with Crippen LogP contribution in [0.3, 0.4) is 0 Å². The van der Waals surface area contributed by atoms with E-state index in [2.05, 4.69) is 32.5 Å². The Morgan fingerprint density at radius 1 is 1.40 bits per heavy atom. The van der Waals surface area contributed by atoms with E-state index in [1.807, 2.05) is 0 Å². The number of rotatable bonds is 4. The first-order valence-corrected chi connectivity index (χ1v) is 8.99. The molecule has 0 aliphatic carbocycles. The highest BCUT2D eigenvalue weighted by atomic mass is 79.9. The van der Waals surface area contributed by atoms with Gasteiger partial charge in [-0.3, -0.25) is 0 Å². The summed E-state index contributed by atoms with van der Waals surface area (Å²) in [4.78, 5) is 2.52. The molecule has 3 N–H and O–H groups in total. The van der Waals surface area contributed by atoms with Crippen LogP contribution in [0.15, 0.2) is 27.6 Å². The predicted molar refractivity (Wildman–Crippen MR) is 84.0 cm³/mol. The van der Waals surface area contributed by atoms with Gasteiger partial charge in [-0.25, -0.2) is 13.1 Å². The van der Waals surface area contributed by atoms with Crippen LogP contribution in [-0.4, -0.2) is 39.0 Å². The summed E-state index contributed by atoms with van der Waals surface area (Å²) < 4.78 is 28.1. The molecule has 0 radical (unpaired) electrons. The molecule has 20 heavy (non-hydrogen) atoms. The minimum Gasteiger partial charge on any atom is -0.399 e. The van der Waals surface area contributed by atoms with Crippen molar-refractivity contribution in [1.82, 2.24) is 9.62 Å². The highest BCUT2D eigenvalue weighted by molar-refractivity contribution is 9.10. The Balaban J connectivity index is 2.10. The number of piperidine rings is 1. The zero-order valence-corrected chi connectivity index (χ0v) is 13.9. The van der Waals surface area contributed by atoms with Crippen LogP contribution in [0.4, 0.5) is 5.69 Å². The summed E-state index contributed by atoms with van der Waals surface area (Å²) in [6.45, 7) is 5.00.